The monoisotopic (exact) mass is 608 g/mol. The molecule has 0 saturated heterocycles. The van der Waals surface area contributed by atoms with Gasteiger partial charge in [-0.1, -0.05) is 111 Å². The predicted molar refractivity (Wildman–Crippen MR) is 185 cm³/mol. The van der Waals surface area contributed by atoms with Crippen molar-refractivity contribution in [3.63, 3.8) is 0 Å². The molecule has 0 aliphatic heterocycles. The van der Waals surface area contributed by atoms with Crippen LogP contribution in [0.3, 0.4) is 0 Å². The number of rotatable bonds is 17. The van der Waals surface area contributed by atoms with E-state index >= 15 is 0 Å². The first-order chi connectivity index (χ1) is 18.8. The molecule has 40 heavy (non-hydrogen) atoms. The molecule has 2 aromatic rings. The van der Waals surface area contributed by atoms with Crippen LogP contribution in [-0.4, -0.2) is 43.7 Å². The highest BCUT2D eigenvalue weighted by Crippen LogP contribution is 2.42. The zero-order chi connectivity index (χ0) is 30.3. The van der Waals surface area contributed by atoms with Crippen LogP contribution in [0, 0.1) is 0 Å². The maximum absolute atomic E-state index is 7.94. The van der Waals surface area contributed by atoms with Crippen LogP contribution >= 0.6 is 0 Å². The second kappa shape index (κ2) is 13.4. The van der Waals surface area contributed by atoms with Crippen LogP contribution in [0.4, 0.5) is 0 Å². The minimum absolute atomic E-state index is 0.467. The molecule has 3 nitrogen and oxygen atoms in total. The van der Waals surface area contributed by atoms with Gasteiger partial charge in [0, 0.05) is 0 Å². The van der Waals surface area contributed by atoms with E-state index in [1.807, 2.05) is 11.4 Å². The van der Waals surface area contributed by atoms with Gasteiger partial charge in [-0.15, -0.1) is 26.3 Å². The van der Waals surface area contributed by atoms with E-state index < -0.39 is 43.7 Å². The third-order valence-electron chi connectivity index (χ3n) is 8.90. The first-order valence-corrected chi connectivity index (χ1v) is 24.5. The fourth-order valence-electron chi connectivity index (χ4n) is 5.82. The first-order valence-electron chi connectivity index (χ1n) is 14.5. The lowest BCUT2D eigenvalue weighted by Gasteiger charge is -2.56. The highest BCUT2D eigenvalue weighted by atomic mass is 28.4. The average Bonchev–Trinajstić information content (AvgIpc) is 2.98. The van der Waals surface area contributed by atoms with Crippen molar-refractivity contribution in [2.45, 2.75) is 83.6 Å². The lowest BCUT2D eigenvalue weighted by Crippen LogP contribution is -2.80. The summed E-state index contributed by atoms with van der Waals surface area (Å²) in [6.45, 7) is 34.4. The Morgan fingerprint density at radius 2 is 1.07 bits per heavy atom. The van der Waals surface area contributed by atoms with E-state index in [2.05, 4.69) is 152 Å². The zero-order valence-corrected chi connectivity index (χ0v) is 30.3. The summed E-state index contributed by atoms with van der Waals surface area (Å²) >= 11 is 0. The van der Waals surface area contributed by atoms with Gasteiger partial charge in [-0.25, -0.2) is 0 Å². The van der Waals surface area contributed by atoms with Crippen LogP contribution in [0.25, 0.3) is 0 Å². The van der Waals surface area contributed by atoms with Crippen LogP contribution < -0.4 is 10.4 Å². The Kier molecular flexibility index (Phi) is 11.5. The van der Waals surface area contributed by atoms with Crippen LogP contribution in [0.1, 0.15) is 47.0 Å². The van der Waals surface area contributed by atoms with Crippen LogP contribution in [0.5, 0.6) is 0 Å². The van der Waals surface area contributed by atoms with Crippen molar-refractivity contribution < 1.29 is 13.0 Å². The first kappa shape index (κ1) is 34.3. The summed E-state index contributed by atoms with van der Waals surface area (Å²) in [6.07, 6.45) is 2.39. The van der Waals surface area contributed by atoms with E-state index in [0.717, 1.165) is 19.3 Å². The summed E-state index contributed by atoms with van der Waals surface area (Å²) in [4.78, 5) is 0. The SMILES string of the molecule is C=C[Si](C)(C=C)O[Si](C)(C)OC(CC)(CC)[Si](O[C@](C)(CC)[Si](C)(C=C)C=C)(c1ccccc1)c1ccccc1. The summed E-state index contributed by atoms with van der Waals surface area (Å²) in [6, 6.07) is 21.6. The Bertz CT molecular complexity index is 1090. The van der Waals surface area contributed by atoms with Gasteiger partial charge in [0.2, 0.25) is 8.32 Å². The molecule has 0 spiro atoms. The molecule has 0 aromatic heterocycles. The van der Waals surface area contributed by atoms with Crippen molar-refractivity contribution in [2.75, 3.05) is 0 Å². The molecule has 0 aliphatic rings. The Morgan fingerprint density at radius 1 is 0.650 bits per heavy atom. The van der Waals surface area contributed by atoms with Gasteiger partial charge in [0.05, 0.1) is 10.4 Å². The molecule has 0 radical (unpaired) electrons. The molecule has 0 N–H and O–H groups in total. The van der Waals surface area contributed by atoms with Crippen molar-refractivity contribution in [1.82, 2.24) is 0 Å². The number of hydrogen-bond acceptors (Lipinski definition) is 3. The standard InChI is InChI=1S/C33H52O3Si4/c1-13-32(8,38(11,16-4)17-5)34-40(30-26-22-20-23-27-30,31-28-24-21-25-29-31)33(14-2,15-3)35-37(9,10)36-39(12,18-6)19-7/h16-29H,4-7,13-15H2,1-3,8-12H3/t32-/m0/s1. The van der Waals surface area contributed by atoms with Gasteiger partial charge in [-0.2, -0.15) is 0 Å². The largest absolute Gasteiger partial charge is 0.429 e. The van der Waals surface area contributed by atoms with Gasteiger partial charge < -0.3 is 13.0 Å². The summed E-state index contributed by atoms with van der Waals surface area (Å²) in [5.74, 6) is 0. The minimum Gasteiger partial charge on any atom is -0.429 e. The van der Waals surface area contributed by atoms with E-state index in [9.17, 15) is 0 Å². The van der Waals surface area contributed by atoms with E-state index in [0.29, 0.717) is 0 Å². The molecule has 2 aromatic carbocycles. The lowest BCUT2D eigenvalue weighted by atomic mass is 10.2. The molecule has 0 heterocycles. The maximum atomic E-state index is 7.94. The molecule has 218 valence electrons. The maximum Gasteiger partial charge on any atom is 0.322 e. The van der Waals surface area contributed by atoms with Gasteiger partial charge in [0.25, 0.3) is 8.32 Å². The van der Waals surface area contributed by atoms with Crippen LogP contribution in [0.15, 0.2) is 110 Å². The molecule has 0 saturated carbocycles. The molecule has 0 unspecified atom stereocenters. The lowest BCUT2D eigenvalue weighted by molar-refractivity contribution is 0.0548. The van der Waals surface area contributed by atoms with Crippen molar-refractivity contribution in [2.24, 2.45) is 0 Å². The normalized spacial score (nSPS) is 14.7. The Morgan fingerprint density at radius 3 is 1.40 bits per heavy atom. The summed E-state index contributed by atoms with van der Waals surface area (Å²) in [5, 5.41) is 1.32. The fraction of sp³-hybridized carbons (Fsp3) is 0.394. The molecule has 7 heteroatoms. The minimum atomic E-state index is -3.20. The average molecular weight is 609 g/mol. The molecule has 0 amide bonds. The Labute approximate surface area is 249 Å². The van der Waals surface area contributed by atoms with Gasteiger partial charge in [-0.05, 0) is 56.2 Å². The molecule has 0 fully saturated rings. The predicted octanol–water partition coefficient (Wildman–Crippen LogP) is 7.86. The van der Waals surface area contributed by atoms with Crippen molar-refractivity contribution in [1.29, 1.82) is 0 Å². The Hall–Kier alpha value is -1.85. The van der Waals surface area contributed by atoms with Crippen LogP contribution in [-0.2, 0) is 13.0 Å². The van der Waals surface area contributed by atoms with Crippen molar-refractivity contribution in [3.05, 3.63) is 110 Å². The van der Waals surface area contributed by atoms with E-state index in [4.69, 9.17) is 13.0 Å². The van der Waals surface area contributed by atoms with Gasteiger partial charge in [-0.3, -0.25) is 0 Å². The highest BCUT2D eigenvalue weighted by Gasteiger charge is 2.63. The quantitative estimate of drug-likeness (QED) is 0.171. The van der Waals surface area contributed by atoms with Gasteiger partial charge in [0.15, 0.2) is 0 Å². The number of hydrogen-bond donors (Lipinski definition) is 0. The zero-order valence-electron chi connectivity index (χ0n) is 26.3. The highest BCUT2D eigenvalue weighted by molar-refractivity contribution is 7.01. The smallest absolute Gasteiger partial charge is 0.322 e. The molecule has 1 atom stereocenters. The second-order valence-corrected chi connectivity index (χ2v) is 26.8. The topological polar surface area (TPSA) is 27.7 Å². The van der Waals surface area contributed by atoms with Crippen LogP contribution in [0.2, 0.25) is 26.2 Å². The molecule has 0 bridgehead atoms. The van der Waals surface area contributed by atoms with Crippen molar-refractivity contribution >= 4 is 43.6 Å². The summed E-state index contributed by atoms with van der Waals surface area (Å²) < 4.78 is 22.3. The summed E-state index contributed by atoms with van der Waals surface area (Å²) in [5.41, 5.74) is 8.11. The Balaban J connectivity index is 3.05. The van der Waals surface area contributed by atoms with E-state index in [-0.39, 0.29) is 0 Å². The molecular weight excluding hydrogens is 557 g/mol. The van der Waals surface area contributed by atoms with Gasteiger partial charge in [0.1, 0.15) is 8.07 Å². The van der Waals surface area contributed by atoms with E-state index in [1.54, 1.807) is 0 Å². The van der Waals surface area contributed by atoms with E-state index in [1.165, 1.54) is 10.4 Å². The third kappa shape index (κ3) is 6.46. The second-order valence-electron chi connectivity index (χ2n) is 11.7. The number of benzene rings is 2. The molecule has 2 rings (SSSR count). The van der Waals surface area contributed by atoms with Gasteiger partial charge >= 0.3 is 8.56 Å². The fourth-order valence-corrected chi connectivity index (χ4v) is 21.7. The molecular formula is C33H52O3Si4. The van der Waals surface area contributed by atoms with Crippen molar-refractivity contribution in [3.8, 4) is 0 Å². The third-order valence-corrected chi connectivity index (χ3v) is 25.1. The summed E-state index contributed by atoms with van der Waals surface area (Å²) in [7, 11) is -10.6. The molecule has 0 aliphatic carbocycles.